The van der Waals surface area contributed by atoms with Crippen molar-refractivity contribution < 1.29 is 9.47 Å². The smallest absolute Gasteiger partial charge is 0.156 e. The van der Waals surface area contributed by atoms with Crippen molar-refractivity contribution in [3.05, 3.63) is 29.2 Å². The van der Waals surface area contributed by atoms with Crippen LogP contribution in [0, 0.1) is 0 Å². The molecule has 1 atom stereocenters. The largest absolute Gasteiger partial charge is 0.381 e. The molecule has 0 aromatic carbocycles. The zero-order valence-corrected chi connectivity index (χ0v) is 13.3. The van der Waals surface area contributed by atoms with E-state index in [4.69, 9.17) is 9.47 Å². The Labute approximate surface area is 132 Å². The monoisotopic (exact) mass is 303 g/mol. The van der Waals surface area contributed by atoms with Gasteiger partial charge in [0.25, 0.3) is 0 Å². The average molecular weight is 303 g/mol. The van der Waals surface area contributed by atoms with Gasteiger partial charge in [0.1, 0.15) is 12.4 Å². The molecule has 0 amide bonds. The van der Waals surface area contributed by atoms with Crippen molar-refractivity contribution in [1.82, 2.24) is 9.97 Å². The van der Waals surface area contributed by atoms with Gasteiger partial charge in [0.15, 0.2) is 5.82 Å². The van der Waals surface area contributed by atoms with Crippen LogP contribution in [-0.4, -0.2) is 36.8 Å². The topological polar surface area (TPSA) is 56.3 Å². The summed E-state index contributed by atoms with van der Waals surface area (Å²) in [6, 6.07) is 2.07. The molecule has 1 aliphatic carbocycles. The zero-order chi connectivity index (χ0) is 15.2. The van der Waals surface area contributed by atoms with Crippen LogP contribution in [0.3, 0.4) is 0 Å². The molecule has 5 heteroatoms. The van der Waals surface area contributed by atoms with Crippen LogP contribution in [0.5, 0.6) is 0 Å². The minimum Gasteiger partial charge on any atom is -0.381 e. The minimum absolute atomic E-state index is 0.382. The maximum atomic E-state index is 5.49. The van der Waals surface area contributed by atoms with Crippen molar-refractivity contribution in [1.29, 1.82) is 0 Å². The molecular weight excluding hydrogens is 278 g/mol. The van der Waals surface area contributed by atoms with Gasteiger partial charge in [0, 0.05) is 32.2 Å². The number of nitrogens with zero attached hydrogens (tertiary/aromatic N) is 2. The predicted molar refractivity (Wildman–Crippen MR) is 86.0 cm³/mol. The highest BCUT2D eigenvalue weighted by Gasteiger charge is 2.20. The summed E-state index contributed by atoms with van der Waals surface area (Å²) >= 11 is 0. The van der Waals surface area contributed by atoms with Gasteiger partial charge in [-0.15, -0.1) is 0 Å². The van der Waals surface area contributed by atoms with Crippen molar-refractivity contribution in [2.75, 3.05) is 32.2 Å². The van der Waals surface area contributed by atoms with E-state index in [2.05, 4.69) is 27.4 Å². The maximum Gasteiger partial charge on any atom is 0.156 e. The molecule has 1 saturated heterocycles. The van der Waals surface area contributed by atoms with Gasteiger partial charge in [-0.1, -0.05) is 11.6 Å². The zero-order valence-electron chi connectivity index (χ0n) is 13.3. The fraction of sp³-hybridized carbons (Fsp3) is 0.647. The predicted octanol–water partition coefficient (Wildman–Crippen LogP) is 3.04. The lowest BCUT2D eigenvalue weighted by Gasteiger charge is -2.16. The van der Waals surface area contributed by atoms with E-state index in [0.717, 1.165) is 43.5 Å². The molecule has 0 unspecified atom stereocenters. The van der Waals surface area contributed by atoms with Gasteiger partial charge in [-0.2, -0.15) is 0 Å². The second-order valence-corrected chi connectivity index (χ2v) is 6.05. The summed E-state index contributed by atoms with van der Waals surface area (Å²) in [5.74, 6) is 2.02. The van der Waals surface area contributed by atoms with Crippen LogP contribution in [-0.2, 0) is 16.1 Å². The molecule has 0 radical (unpaired) electrons. The van der Waals surface area contributed by atoms with Gasteiger partial charge < -0.3 is 14.8 Å². The first-order valence-electron chi connectivity index (χ1n) is 8.21. The third-order valence-corrected chi connectivity index (χ3v) is 4.30. The lowest BCUT2D eigenvalue weighted by molar-refractivity contribution is 0.177. The Morgan fingerprint density at radius 2 is 2.32 bits per heavy atom. The molecule has 5 nitrogen and oxygen atoms in total. The van der Waals surface area contributed by atoms with E-state index in [1.54, 1.807) is 7.11 Å². The molecule has 1 fully saturated rings. The fourth-order valence-electron chi connectivity index (χ4n) is 3.05. The van der Waals surface area contributed by atoms with E-state index in [0.29, 0.717) is 12.5 Å². The third kappa shape index (κ3) is 4.05. The summed E-state index contributed by atoms with van der Waals surface area (Å²) in [6.45, 7) is 2.90. The van der Waals surface area contributed by atoms with E-state index in [1.807, 2.05) is 0 Å². The van der Waals surface area contributed by atoms with E-state index >= 15 is 0 Å². The number of anilines is 1. The van der Waals surface area contributed by atoms with Crippen LogP contribution >= 0.6 is 0 Å². The van der Waals surface area contributed by atoms with Gasteiger partial charge in [0.05, 0.1) is 12.3 Å². The number of methoxy groups -OCH3 is 1. The van der Waals surface area contributed by atoms with Gasteiger partial charge in [-0.3, -0.25) is 0 Å². The number of aromatic nitrogens is 2. The van der Waals surface area contributed by atoms with Gasteiger partial charge in [0.2, 0.25) is 0 Å². The van der Waals surface area contributed by atoms with E-state index < -0.39 is 0 Å². The normalized spacial score (nSPS) is 21.7. The quantitative estimate of drug-likeness (QED) is 0.819. The Morgan fingerprint density at radius 3 is 3.05 bits per heavy atom. The summed E-state index contributed by atoms with van der Waals surface area (Å²) < 4.78 is 10.7. The number of ether oxygens (including phenoxy) is 2. The summed E-state index contributed by atoms with van der Waals surface area (Å²) in [4.78, 5) is 9.19. The van der Waals surface area contributed by atoms with E-state index in [9.17, 15) is 0 Å². The van der Waals surface area contributed by atoms with Crippen LogP contribution in [0.25, 0.3) is 0 Å². The minimum atomic E-state index is 0.382. The molecule has 0 saturated carbocycles. The summed E-state index contributed by atoms with van der Waals surface area (Å²) in [6.07, 6.45) is 8.43. The highest BCUT2D eigenvalue weighted by atomic mass is 16.5. The van der Waals surface area contributed by atoms with Gasteiger partial charge in [-0.25, -0.2) is 9.97 Å². The van der Waals surface area contributed by atoms with Crippen molar-refractivity contribution in [3.8, 4) is 0 Å². The Balaban J connectivity index is 1.71. The first-order valence-corrected chi connectivity index (χ1v) is 8.21. The first kappa shape index (κ1) is 15.4. The SMILES string of the molecule is COCc1nc(NCC2=CCCCC2)cc([C@@H]2CCOC2)n1. The van der Waals surface area contributed by atoms with Crippen molar-refractivity contribution >= 4 is 5.82 Å². The Morgan fingerprint density at radius 1 is 1.36 bits per heavy atom. The fourth-order valence-corrected chi connectivity index (χ4v) is 3.05. The van der Waals surface area contributed by atoms with Gasteiger partial charge in [-0.05, 0) is 32.1 Å². The Bertz CT molecular complexity index is 525. The number of allylic oxidation sites excluding steroid dienone is 1. The standard InChI is InChI=1S/C17H25N3O2/c1-21-12-17-19-15(14-7-8-22-11-14)9-16(20-17)18-10-13-5-3-2-4-6-13/h5,9,14H,2-4,6-8,10-12H2,1H3,(H,18,19,20)/t14-/m1/s1. The van der Waals surface area contributed by atoms with Crippen LogP contribution in [0.1, 0.15) is 49.5 Å². The first-order chi connectivity index (χ1) is 10.8. The average Bonchev–Trinajstić information content (AvgIpc) is 3.09. The molecule has 2 heterocycles. The molecule has 22 heavy (non-hydrogen) atoms. The molecule has 0 spiro atoms. The molecule has 1 aliphatic heterocycles. The molecule has 1 aromatic heterocycles. The summed E-state index contributed by atoms with van der Waals surface area (Å²) in [5.41, 5.74) is 2.56. The number of rotatable bonds is 6. The molecule has 1 aromatic rings. The van der Waals surface area contributed by atoms with E-state index in [-0.39, 0.29) is 0 Å². The second kappa shape index (κ2) is 7.70. The number of nitrogens with one attached hydrogen (secondary N) is 1. The molecule has 3 rings (SSSR count). The lowest BCUT2D eigenvalue weighted by Crippen LogP contribution is -2.12. The number of hydrogen-bond donors (Lipinski definition) is 1. The number of hydrogen-bond acceptors (Lipinski definition) is 5. The lowest BCUT2D eigenvalue weighted by atomic mass is 10.00. The summed E-state index contributed by atoms with van der Waals surface area (Å²) in [7, 11) is 1.68. The molecular formula is C17H25N3O2. The highest BCUT2D eigenvalue weighted by Crippen LogP contribution is 2.25. The second-order valence-electron chi connectivity index (χ2n) is 6.05. The Kier molecular flexibility index (Phi) is 5.40. The van der Waals surface area contributed by atoms with Crippen LogP contribution in [0.2, 0.25) is 0 Å². The van der Waals surface area contributed by atoms with E-state index in [1.165, 1.54) is 31.3 Å². The molecule has 120 valence electrons. The Hall–Kier alpha value is -1.46. The maximum absolute atomic E-state index is 5.49. The van der Waals surface area contributed by atoms with Crippen molar-refractivity contribution in [2.24, 2.45) is 0 Å². The van der Waals surface area contributed by atoms with Crippen LogP contribution in [0.4, 0.5) is 5.82 Å². The van der Waals surface area contributed by atoms with Crippen LogP contribution < -0.4 is 5.32 Å². The van der Waals surface area contributed by atoms with Crippen molar-refractivity contribution in [2.45, 2.75) is 44.6 Å². The van der Waals surface area contributed by atoms with Gasteiger partial charge >= 0.3 is 0 Å². The molecule has 0 bridgehead atoms. The highest BCUT2D eigenvalue weighted by molar-refractivity contribution is 5.39. The third-order valence-electron chi connectivity index (χ3n) is 4.30. The molecule has 1 N–H and O–H groups in total. The van der Waals surface area contributed by atoms with Crippen molar-refractivity contribution in [3.63, 3.8) is 0 Å². The van der Waals surface area contributed by atoms with Crippen LogP contribution in [0.15, 0.2) is 17.7 Å². The molecule has 2 aliphatic rings. The summed E-state index contributed by atoms with van der Waals surface area (Å²) in [5, 5.41) is 3.46.